The molecule has 4 rings (SSSR count). The average Bonchev–Trinajstić information content (AvgIpc) is 3.07. The first kappa shape index (κ1) is 32.5. The summed E-state index contributed by atoms with van der Waals surface area (Å²) in [6, 6.07) is 18.3. The lowest BCUT2D eigenvalue weighted by molar-refractivity contribution is -0.144. The van der Waals surface area contributed by atoms with E-state index in [-0.39, 0.29) is 31.0 Å². The van der Waals surface area contributed by atoms with Gasteiger partial charge in [0.25, 0.3) is 5.91 Å². The molecular formula is C32H36F3N3O4S. The van der Waals surface area contributed by atoms with Gasteiger partial charge in [0, 0.05) is 24.4 Å². The van der Waals surface area contributed by atoms with Crippen molar-refractivity contribution >= 4 is 23.6 Å². The summed E-state index contributed by atoms with van der Waals surface area (Å²) in [5.74, 6) is 5.19. The van der Waals surface area contributed by atoms with Crippen molar-refractivity contribution in [1.82, 2.24) is 9.91 Å². The van der Waals surface area contributed by atoms with E-state index in [1.54, 1.807) is 20.8 Å². The van der Waals surface area contributed by atoms with E-state index in [4.69, 9.17) is 5.84 Å². The fourth-order valence-corrected chi connectivity index (χ4v) is 6.54. The second-order valence-electron chi connectivity index (χ2n) is 11.7. The number of amides is 2. The number of aliphatic hydroxyl groups is 2. The van der Waals surface area contributed by atoms with Gasteiger partial charge in [-0.2, -0.15) is 13.2 Å². The minimum absolute atomic E-state index is 0.0282. The van der Waals surface area contributed by atoms with Gasteiger partial charge >= 0.3 is 6.18 Å². The number of benzene rings is 3. The van der Waals surface area contributed by atoms with Gasteiger partial charge in [0.2, 0.25) is 5.91 Å². The van der Waals surface area contributed by atoms with Gasteiger partial charge in [0.05, 0.1) is 18.3 Å². The van der Waals surface area contributed by atoms with E-state index in [2.05, 4.69) is 0 Å². The first-order chi connectivity index (χ1) is 20.2. The normalized spacial score (nSPS) is 16.4. The molecule has 0 fully saturated rings. The van der Waals surface area contributed by atoms with E-state index in [9.17, 15) is 33.0 Å². The largest absolute Gasteiger partial charge is 0.416 e. The Morgan fingerprint density at radius 1 is 1.12 bits per heavy atom. The summed E-state index contributed by atoms with van der Waals surface area (Å²) in [4.78, 5) is 28.9. The fourth-order valence-electron chi connectivity index (χ4n) is 5.34. The smallest absolute Gasteiger partial charge is 0.393 e. The maximum atomic E-state index is 13.9. The van der Waals surface area contributed by atoms with E-state index < -0.39 is 40.4 Å². The topological polar surface area (TPSA) is 107 Å². The van der Waals surface area contributed by atoms with Crippen LogP contribution in [0.15, 0.2) is 71.6 Å². The van der Waals surface area contributed by atoms with Gasteiger partial charge < -0.3 is 15.1 Å². The van der Waals surface area contributed by atoms with Gasteiger partial charge in [-0.15, -0.1) is 0 Å². The van der Waals surface area contributed by atoms with E-state index in [1.807, 2.05) is 48.5 Å². The third kappa shape index (κ3) is 7.97. The lowest BCUT2D eigenvalue weighted by Crippen LogP contribution is -2.52. The molecule has 2 atom stereocenters. The zero-order valence-electron chi connectivity index (χ0n) is 24.3. The van der Waals surface area contributed by atoms with Crippen LogP contribution in [0, 0.1) is 5.41 Å². The Kier molecular flexibility index (Phi) is 9.90. The molecular weight excluding hydrogens is 579 g/mol. The maximum absolute atomic E-state index is 13.9. The molecule has 0 radical (unpaired) electrons. The molecule has 11 heteroatoms. The number of fused-ring (bicyclic) bond motifs is 1. The number of halogens is 3. The molecule has 0 aliphatic carbocycles. The molecule has 0 bridgehead atoms. The van der Waals surface area contributed by atoms with Crippen LogP contribution in [0.5, 0.6) is 0 Å². The zero-order chi connectivity index (χ0) is 31.5. The predicted octanol–water partition coefficient (Wildman–Crippen LogP) is 5.71. The third-order valence-electron chi connectivity index (χ3n) is 7.36. The molecule has 7 nitrogen and oxygen atoms in total. The van der Waals surface area contributed by atoms with E-state index >= 15 is 0 Å². The van der Waals surface area contributed by atoms with Crippen molar-refractivity contribution in [1.29, 1.82) is 0 Å². The van der Waals surface area contributed by atoms with Crippen molar-refractivity contribution in [3.05, 3.63) is 89.0 Å². The van der Waals surface area contributed by atoms with E-state index in [1.165, 1.54) is 11.0 Å². The Bertz CT molecular complexity index is 1460. The second kappa shape index (κ2) is 13.1. The Hall–Kier alpha value is -3.38. The first-order valence-electron chi connectivity index (χ1n) is 13.9. The predicted molar refractivity (Wildman–Crippen MR) is 159 cm³/mol. The zero-order valence-corrected chi connectivity index (χ0v) is 25.1. The molecule has 43 heavy (non-hydrogen) atoms. The average molecular weight is 616 g/mol. The maximum Gasteiger partial charge on any atom is 0.416 e. The molecule has 0 unspecified atom stereocenters. The number of nitrogens with zero attached hydrogens (tertiary/aromatic N) is 2. The summed E-state index contributed by atoms with van der Waals surface area (Å²) < 4.78 is 40.7. The minimum atomic E-state index is -4.58. The Balaban J connectivity index is 1.64. The van der Waals surface area contributed by atoms with Gasteiger partial charge in [0.15, 0.2) is 5.37 Å². The Morgan fingerprint density at radius 3 is 2.42 bits per heavy atom. The van der Waals surface area contributed by atoms with Crippen molar-refractivity contribution in [2.45, 2.75) is 75.9 Å². The highest BCUT2D eigenvalue weighted by Crippen LogP contribution is 2.39. The quantitative estimate of drug-likeness (QED) is 0.162. The SMILES string of the molecule is C[C@@H](O)CC(C)(C)CC(=O)N(N)[C@@H]1Sc2cc(C(F)(F)F)ccc2CN(Cc2ccc(-c3ccccc3CO)cc2)C1=O. The number of nitrogens with two attached hydrogens (primary N) is 1. The van der Waals surface area contributed by atoms with Crippen molar-refractivity contribution in [2.75, 3.05) is 0 Å². The molecule has 0 saturated heterocycles. The highest BCUT2D eigenvalue weighted by atomic mass is 32.2. The van der Waals surface area contributed by atoms with Crippen LogP contribution in [-0.2, 0) is 35.5 Å². The number of hydrogen-bond donors (Lipinski definition) is 3. The van der Waals surface area contributed by atoms with Crippen molar-refractivity contribution < 1.29 is 33.0 Å². The Labute approximate surface area is 253 Å². The summed E-state index contributed by atoms with van der Waals surface area (Å²) in [5.41, 5.74) is 2.33. The van der Waals surface area contributed by atoms with Gasteiger partial charge in [0.1, 0.15) is 0 Å². The molecule has 2 amide bonds. The van der Waals surface area contributed by atoms with Crippen LogP contribution >= 0.6 is 11.8 Å². The number of hydrogen-bond acceptors (Lipinski definition) is 6. The second-order valence-corrected chi connectivity index (χ2v) is 12.8. The molecule has 3 aromatic carbocycles. The Morgan fingerprint density at radius 2 is 1.79 bits per heavy atom. The number of aliphatic hydroxyl groups excluding tert-OH is 2. The number of thioether (sulfide) groups is 1. The standard InChI is InChI=1S/C32H36F3N3O4S/c1-20(40)15-31(2,3)16-28(41)38(36)30-29(42)37(18-23-12-13-25(32(33,34)35)14-27(23)43-30)17-21-8-10-22(11-9-21)26-7-5-4-6-24(26)19-39/h4-14,20,30,39-40H,15-19,36H2,1-3H3/t20-,30-/m1/s1. The molecule has 1 aliphatic rings. The lowest BCUT2D eigenvalue weighted by Gasteiger charge is -2.32. The van der Waals surface area contributed by atoms with Gasteiger partial charge in [-0.1, -0.05) is 80.2 Å². The van der Waals surface area contributed by atoms with Gasteiger partial charge in [-0.3, -0.25) is 14.6 Å². The minimum Gasteiger partial charge on any atom is -0.393 e. The monoisotopic (exact) mass is 615 g/mol. The number of carbonyl (C=O) groups excluding carboxylic acids is 2. The van der Waals surface area contributed by atoms with Crippen LogP contribution < -0.4 is 5.84 Å². The summed E-state index contributed by atoms with van der Waals surface area (Å²) in [7, 11) is 0. The molecule has 1 aliphatic heterocycles. The number of rotatable bonds is 9. The molecule has 3 aromatic rings. The molecule has 0 spiro atoms. The molecule has 0 saturated carbocycles. The van der Waals surface area contributed by atoms with E-state index in [0.29, 0.717) is 12.0 Å². The summed E-state index contributed by atoms with van der Waals surface area (Å²) in [5, 5.41) is 19.0. The first-order valence-corrected chi connectivity index (χ1v) is 14.7. The summed E-state index contributed by atoms with van der Waals surface area (Å²) >= 11 is 0.826. The highest BCUT2D eigenvalue weighted by Gasteiger charge is 2.39. The van der Waals surface area contributed by atoms with Crippen molar-refractivity contribution in [3.63, 3.8) is 0 Å². The van der Waals surface area contributed by atoms with Gasteiger partial charge in [-0.05, 0) is 58.7 Å². The molecule has 0 aromatic heterocycles. The molecule has 4 N–H and O–H groups in total. The van der Waals surface area contributed by atoms with E-state index in [0.717, 1.165) is 51.2 Å². The molecule has 1 heterocycles. The number of alkyl halides is 3. The number of carbonyl (C=O) groups is 2. The third-order valence-corrected chi connectivity index (χ3v) is 8.65. The van der Waals surface area contributed by atoms with Crippen LogP contribution in [-0.4, -0.2) is 43.4 Å². The van der Waals surface area contributed by atoms with Crippen LogP contribution in [0.2, 0.25) is 0 Å². The van der Waals surface area contributed by atoms with Crippen LogP contribution in [0.4, 0.5) is 13.2 Å². The van der Waals surface area contributed by atoms with Crippen LogP contribution in [0.3, 0.4) is 0 Å². The lowest BCUT2D eigenvalue weighted by atomic mass is 9.83. The fraction of sp³-hybridized carbons (Fsp3) is 0.375. The van der Waals surface area contributed by atoms with Gasteiger partial charge in [-0.25, -0.2) is 5.84 Å². The summed E-state index contributed by atoms with van der Waals surface area (Å²) in [6.45, 7) is 5.26. The van der Waals surface area contributed by atoms with Crippen LogP contribution in [0.1, 0.15) is 55.9 Å². The molecule has 230 valence electrons. The summed E-state index contributed by atoms with van der Waals surface area (Å²) in [6.07, 6.45) is -4.98. The van der Waals surface area contributed by atoms with Crippen LogP contribution in [0.25, 0.3) is 11.1 Å². The van der Waals surface area contributed by atoms with Crippen molar-refractivity contribution in [3.8, 4) is 11.1 Å². The number of hydrazine groups is 1. The van der Waals surface area contributed by atoms with Crippen molar-refractivity contribution in [2.24, 2.45) is 11.3 Å². The highest BCUT2D eigenvalue weighted by molar-refractivity contribution is 8.00.